The van der Waals surface area contributed by atoms with Gasteiger partial charge in [-0.05, 0) is 30.9 Å². The summed E-state index contributed by atoms with van der Waals surface area (Å²) in [5, 5.41) is 9.25. The van der Waals surface area contributed by atoms with Crippen LogP contribution < -0.4 is 0 Å². The zero-order chi connectivity index (χ0) is 11.3. The predicted octanol–water partition coefficient (Wildman–Crippen LogP) is 2.98. The summed E-state index contributed by atoms with van der Waals surface area (Å²) in [5.41, 5.74) is 2.42. The normalized spacial score (nSPS) is 11.3. The van der Waals surface area contributed by atoms with Crippen molar-refractivity contribution in [1.29, 1.82) is 0 Å². The molecule has 0 amide bonds. The molecule has 0 saturated heterocycles. The maximum atomic E-state index is 9.25. The third kappa shape index (κ3) is 3.38. The van der Waals surface area contributed by atoms with E-state index in [0.717, 1.165) is 18.7 Å². The van der Waals surface area contributed by atoms with E-state index in [1.807, 2.05) is 6.07 Å². The first-order chi connectivity index (χ1) is 7.19. The third-order valence-electron chi connectivity index (χ3n) is 2.66. The Bertz CT molecular complexity index is 289. The maximum absolute atomic E-state index is 9.25. The zero-order valence-electron chi connectivity index (χ0n) is 10.2. The molecule has 0 aliphatic carbocycles. The number of nitrogens with zero attached hydrogens (tertiary/aromatic N) is 1. The van der Waals surface area contributed by atoms with Gasteiger partial charge in [-0.25, -0.2) is 0 Å². The number of rotatable bonds is 6. The molecule has 86 valence electrons. The number of aromatic nitrogens is 1. The van der Waals surface area contributed by atoms with Crippen LogP contribution in [0.2, 0.25) is 0 Å². The van der Waals surface area contributed by atoms with Crippen LogP contribution in [0.4, 0.5) is 0 Å². The average molecular weight is 209 g/mol. The first kappa shape index (κ1) is 12.3. The summed E-state index contributed by atoms with van der Waals surface area (Å²) in [6, 6.07) is 4.21. The van der Waals surface area contributed by atoms with E-state index in [0.29, 0.717) is 5.92 Å². The highest BCUT2D eigenvalue weighted by Gasteiger charge is 2.08. The highest BCUT2D eigenvalue weighted by molar-refractivity contribution is 5.16. The number of hydrogen-bond acceptors (Lipinski definition) is 1. The molecule has 0 fully saturated rings. The van der Waals surface area contributed by atoms with Crippen LogP contribution in [0.15, 0.2) is 12.1 Å². The molecule has 0 unspecified atom stereocenters. The molecule has 1 N–H and O–H groups in total. The molecule has 1 heterocycles. The molecule has 1 aromatic rings. The fourth-order valence-electron chi connectivity index (χ4n) is 1.87. The molecule has 0 saturated carbocycles. The fraction of sp³-hybridized carbons (Fsp3) is 0.692. The van der Waals surface area contributed by atoms with Crippen molar-refractivity contribution in [2.45, 2.75) is 53.2 Å². The van der Waals surface area contributed by atoms with E-state index in [4.69, 9.17) is 0 Å². The smallest absolute Gasteiger partial charge is 0.0832 e. The number of unbranched alkanes of at least 4 members (excludes halogenated alkanes) is 1. The second kappa shape index (κ2) is 5.96. The molecule has 2 heteroatoms. The quantitative estimate of drug-likeness (QED) is 0.765. The van der Waals surface area contributed by atoms with Crippen LogP contribution in [0.5, 0.6) is 0 Å². The van der Waals surface area contributed by atoms with Crippen molar-refractivity contribution in [1.82, 2.24) is 4.57 Å². The second-order valence-electron chi connectivity index (χ2n) is 4.58. The van der Waals surface area contributed by atoms with Crippen LogP contribution in [-0.4, -0.2) is 9.67 Å². The fourth-order valence-corrected chi connectivity index (χ4v) is 1.87. The van der Waals surface area contributed by atoms with Gasteiger partial charge in [0, 0.05) is 17.9 Å². The molecule has 15 heavy (non-hydrogen) atoms. The summed E-state index contributed by atoms with van der Waals surface area (Å²) in [7, 11) is 0. The Labute approximate surface area is 92.9 Å². The largest absolute Gasteiger partial charge is 0.390 e. The molecular weight excluding hydrogens is 186 g/mol. The van der Waals surface area contributed by atoms with E-state index < -0.39 is 0 Å². The standard InChI is InChI=1S/C13H23NO/c1-4-5-6-12-7-8-13(10-15)14(12)9-11(2)3/h7-8,11,15H,4-6,9-10H2,1-3H3. The average Bonchev–Trinajstić information content (AvgIpc) is 2.57. The molecule has 0 radical (unpaired) electrons. The lowest BCUT2D eigenvalue weighted by Crippen LogP contribution is -2.11. The Morgan fingerprint density at radius 3 is 2.47 bits per heavy atom. The van der Waals surface area contributed by atoms with Crippen LogP contribution >= 0.6 is 0 Å². The summed E-state index contributed by atoms with van der Waals surface area (Å²) in [4.78, 5) is 0. The number of aliphatic hydroxyl groups is 1. The Hall–Kier alpha value is -0.760. The highest BCUT2D eigenvalue weighted by atomic mass is 16.3. The van der Waals surface area contributed by atoms with E-state index in [2.05, 4.69) is 31.4 Å². The summed E-state index contributed by atoms with van der Waals surface area (Å²) in [6.45, 7) is 7.80. The molecule has 0 spiro atoms. The van der Waals surface area contributed by atoms with Gasteiger partial charge in [-0.3, -0.25) is 0 Å². The van der Waals surface area contributed by atoms with Gasteiger partial charge in [0.15, 0.2) is 0 Å². The highest BCUT2D eigenvalue weighted by Crippen LogP contribution is 2.14. The molecule has 0 atom stereocenters. The van der Waals surface area contributed by atoms with Crippen molar-refractivity contribution < 1.29 is 5.11 Å². The minimum absolute atomic E-state index is 0.152. The summed E-state index contributed by atoms with van der Waals surface area (Å²) < 4.78 is 2.28. The topological polar surface area (TPSA) is 25.2 Å². The van der Waals surface area contributed by atoms with Crippen LogP contribution in [0.25, 0.3) is 0 Å². The van der Waals surface area contributed by atoms with Gasteiger partial charge in [0.05, 0.1) is 6.61 Å². The lowest BCUT2D eigenvalue weighted by atomic mass is 10.2. The second-order valence-corrected chi connectivity index (χ2v) is 4.58. The van der Waals surface area contributed by atoms with E-state index in [9.17, 15) is 5.11 Å². The summed E-state index contributed by atoms with van der Waals surface area (Å²) >= 11 is 0. The molecule has 2 nitrogen and oxygen atoms in total. The Morgan fingerprint density at radius 1 is 1.27 bits per heavy atom. The Morgan fingerprint density at radius 2 is 1.93 bits per heavy atom. The van der Waals surface area contributed by atoms with Crippen molar-refractivity contribution in [2.24, 2.45) is 5.92 Å². The van der Waals surface area contributed by atoms with E-state index >= 15 is 0 Å². The van der Waals surface area contributed by atoms with Crippen molar-refractivity contribution >= 4 is 0 Å². The van der Waals surface area contributed by atoms with Crippen LogP contribution in [0, 0.1) is 5.92 Å². The molecule has 0 aromatic carbocycles. The van der Waals surface area contributed by atoms with E-state index in [-0.39, 0.29) is 6.61 Å². The first-order valence-electron chi connectivity index (χ1n) is 5.97. The van der Waals surface area contributed by atoms with Crippen molar-refractivity contribution in [2.75, 3.05) is 0 Å². The van der Waals surface area contributed by atoms with Gasteiger partial charge in [-0.15, -0.1) is 0 Å². The molecule has 0 aliphatic rings. The Kier molecular flexibility index (Phi) is 4.89. The van der Waals surface area contributed by atoms with Gasteiger partial charge in [-0.2, -0.15) is 0 Å². The van der Waals surface area contributed by atoms with Crippen molar-refractivity contribution in [3.8, 4) is 0 Å². The number of hydrogen-bond donors (Lipinski definition) is 1. The Balaban J connectivity index is 2.80. The molecule has 1 rings (SSSR count). The first-order valence-corrected chi connectivity index (χ1v) is 5.97. The SMILES string of the molecule is CCCCc1ccc(CO)n1CC(C)C. The maximum Gasteiger partial charge on any atom is 0.0832 e. The summed E-state index contributed by atoms with van der Waals surface area (Å²) in [5.74, 6) is 0.628. The van der Waals surface area contributed by atoms with Gasteiger partial charge >= 0.3 is 0 Å². The molecular formula is C13H23NO. The predicted molar refractivity (Wildman–Crippen MR) is 63.8 cm³/mol. The van der Waals surface area contributed by atoms with E-state index in [1.165, 1.54) is 18.5 Å². The van der Waals surface area contributed by atoms with Gasteiger partial charge in [0.25, 0.3) is 0 Å². The van der Waals surface area contributed by atoms with Crippen molar-refractivity contribution in [3.05, 3.63) is 23.5 Å². The molecule has 0 aliphatic heterocycles. The van der Waals surface area contributed by atoms with Crippen LogP contribution in [0.3, 0.4) is 0 Å². The molecule has 1 aromatic heterocycles. The number of aryl methyl sites for hydroxylation is 1. The van der Waals surface area contributed by atoms with Crippen molar-refractivity contribution in [3.63, 3.8) is 0 Å². The monoisotopic (exact) mass is 209 g/mol. The van der Waals surface area contributed by atoms with Gasteiger partial charge < -0.3 is 9.67 Å². The third-order valence-corrected chi connectivity index (χ3v) is 2.66. The lowest BCUT2D eigenvalue weighted by Gasteiger charge is -2.14. The molecule has 0 bridgehead atoms. The van der Waals surface area contributed by atoms with Gasteiger partial charge in [0.1, 0.15) is 0 Å². The van der Waals surface area contributed by atoms with Crippen LogP contribution in [0.1, 0.15) is 45.0 Å². The summed E-state index contributed by atoms with van der Waals surface area (Å²) in [6.07, 6.45) is 3.58. The van der Waals surface area contributed by atoms with Crippen LogP contribution in [-0.2, 0) is 19.6 Å². The minimum Gasteiger partial charge on any atom is -0.390 e. The minimum atomic E-state index is 0.152. The van der Waals surface area contributed by atoms with Gasteiger partial charge in [0.2, 0.25) is 0 Å². The number of aliphatic hydroxyl groups excluding tert-OH is 1. The van der Waals surface area contributed by atoms with E-state index in [1.54, 1.807) is 0 Å². The van der Waals surface area contributed by atoms with Gasteiger partial charge in [-0.1, -0.05) is 27.2 Å². The zero-order valence-corrected chi connectivity index (χ0v) is 10.2. The lowest BCUT2D eigenvalue weighted by molar-refractivity contribution is 0.267.